The van der Waals surface area contributed by atoms with E-state index < -0.39 is 12.0 Å². The third kappa shape index (κ3) is 4.85. The summed E-state index contributed by atoms with van der Waals surface area (Å²) in [5.74, 6) is -0.149. The van der Waals surface area contributed by atoms with Crippen LogP contribution in [0.15, 0.2) is 54.6 Å². The fourth-order valence-corrected chi connectivity index (χ4v) is 1.96. The molecule has 0 saturated carbocycles. The molecule has 0 aliphatic heterocycles. The molecule has 0 aromatic heterocycles. The van der Waals surface area contributed by atoms with Crippen molar-refractivity contribution >= 4 is 11.8 Å². The van der Waals surface area contributed by atoms with Crippen molar-refractivity contribution in [2.24, 2.45) is 0 Å². The van der Waals surface area contributed by atoms with Gasteiger partial charge in [-0.25, -0.2) is 0 Å². The van der Waals surface area contributed by atoms with Crippen molar-refractivity contribution in [3.05, 3.63) is 65.7 Å². The molecule has 0 saturated heterocycles. The largest absolute Gasteiger partial charge is 0.481 e. The predicted octanol–water partition coefficient (Wildman–Crippen LogP) is 2.61. The highest BCUT2D eigenvalue weighted by atomic mass is 16.5. The molecule has 0 radical (unpaired) electrons. The van der Waals surface area contributed by atoms with Gasteiger partial charge in [0.1, 0.15) is 5.75 Å². The molecule has 2 N–H and O–H groups in total. The normalized spacial score (nSPS) is 11.4. The molecule has 0 bridgehead atoms. The molecule has 0 fully saturated rings. The standard InChI is InChI=1S/C18H20N2O3/c1-3-16(23-15-7-5-4-6-8-15)18(22)20-19-17(21)14-11-9-13(2)10-12-14/h4-12,16H,3H2,1-2H3,(H,19,21)(H,20,22). The van der Waals surface area contributed by atoms with E-state index in [4.69, 9.17) is 4.74 Å². The molecule has 2 rings (SSSR count). The number of ether oxygens (including phenoxy) is 1. The Morgan fingerprint density at radius 2 is 1.65 bits per heavy atom. The summed E-state index contributed by atoms with van der Waals surface area (Å²) in [6.07, 6.45) is -0.183. The van der Waals surface area contributed by atoms with E-state index in [-0.39, 0.29) is 5.91 Å². The Morgan fingerprint density at radius 3 is 2.26 bits per heavy atom. The van der Waals surface area contributed by atoms with Crippen LogP contribution in [0.1, 0.15) is 29.3 Å². The van der Waals surface area contributed by atoms with Crippen LogP contribution in [-0.2, 0) is 4.79 Å². The van der Waals surface area contributed by atoms with Crippen LogP contribution in [0.2, 0.25) is 0 Å². The van der Waals surface area contributed by atoms with E-state index in [0.29, 0.717) is 17.7 Å². The number of hydrazine groups is 1. The van der Waals surface area contributed by atoms with Crippen LogP contribution in [0.4, 0.5) is 0 Å². The van der Waals surface area contributed by atoms with Gasteiger partial charge in [0.25, 0.3) is 11.8 Å². The van der Waals surface area contributed by atoms with Crippen LogP contribution in [-0.4, -0.2) is 17.9 Å². The van der Waals surface area contributed by atoms with Gasteiger partial charge in [-0.15, -0.1) is 0 Å². The van der Waals surface area contributed by atoms with Crippen molar-refractivity contribution in [1.29, 1.82) is 0 Å². The number of amides is 2. The van der Waals surface area contributed by atoms with Crippen LogP contribution in [0.5, 0.6) is 5.75 Å². The maximum absolute atomic E-state index is 12.1. The van der Waals surface area contributed by atoms with Gasteiger partial charge < -0.3 is 4.74 Å². The molecule has 0 heterocycles. The van der Waals surface area contributed by atoms with Gasteiger partial charge in [0.2, 0.25) is 0 Å². The smallest absolute Gasteiger partial charge is 0.279 e. The van der Waals surface area contributed by atoms with E-state index in [0.717, 1.165) is 5.56 Å². The Bertz CT molecular complexity index is 654. The van der Waals surface area contributed by atoms with E-state index in [9.17, 15) is 9.59 Å². The zero-order valence-corrected chi connectivity index (χ0v) is 13.2. The highest BCUT2D eigenvalue weighted by Gasteiger charge is 2.19. The monoisotopic (exact) mass is 312 g/mol. The third-order valence-corrected chi connectivity index (χ3v) is 3.30. The first-order chi connectivity index (χ1) is 11.1. The average Bonchev–Trinajstić information content (AvgIpc) is 2.58. The van der Waals surface area contributed by atoms with Crippen LogP contribution in [0.25, 0.3) is 0 Å². The molecular formula is C18H20N2O3. The Morgan fingerprint density at radius 1 is 1.00 bits per heavy atom. The van der Waals surface area contributed by atoms with Gasteiger partial charge in [-0.2, -0.15) is 0 Å². The van der Waals surface area contributed by atoms with Crippen LogP contribution < -0.4 is 15.6 Å². The third-order valence-electron chi connectivity index (χ3n) is 3.30. The Hall–Kier alpha value is -2.82. The van der Waals surface area contributed by atoms with Crippen molar-refractivity contribution in [2.75, 3.05) is 0 Å². The number of hydrogen-bond donors (Lipinski definition) is 2. The minimum Gasteiger partial charge on any atom is -0.481 e. The highest BCUT2D eigenvalue weighted by molar-refractivity contribution is 5.95. The molecule has 0 aliphatic rings. The van der Waals surface area contributed by atoms with E-state index in [1.165, 1.54) is 0 Å². The lowest BCUT2D eigenvalue weighted by Gasteiger charge is -2.17. The van der Waals surface area contributed by atoms with Crippen LogP contribution >= 0.6 is 0 Å². The number of benzene rings is 2. The summed E-state index contributed by atoms with van der Waals surface area (Å²) in [6, 6.07) is 16.2. The van der Waals surface area contributed by atoms with E-state index in [1.807, 2.05) is 44.2 Å². The van der Waals surface area contributed by atoms with Gasteiger partial charge in [-0.1, -0.05) is 42.8 Å². The molecule has 1 atom stereocenters. The zero-order valence-electron chi connectivity index (χ0n) is 13.2. The molecule has 23 heavy (non-hydrogen) atoms. The number of para-hydroxylation sites is 1. The van der Waals surface area contributed by atoms with Crippen molar-refractivity contribution < 1.29 is 14.3 Å². The summed E-state index contributed by atoms with van der Waals surface area (Å²) in [6.45, 7) is 3.78. The summed E-state index contributed by atoms with van der Waals surface area (Å²) in [4.78, 5) is 24.1. The Labute approximate surface area is 135 Å². The summed E-state index contributed by atoms with van der Waals surface area (Å²) >= 11 is 0. The van der Waals surface area contributed by atoms with Crippen molar-refractivity contribution in [2.45, 2.75) is 26.4 Å². The maximum atomic E-state index is 12.1. The van der Waals surface area contributed by atoms with Gasteiger partial charge >= 0.3 is 0 Å². The second-order valence-corrected chi connectivity index (χ2v) is 5.14. The fraction of sp³-hybridized carbons (Fsp3) is 0.222. The maximum Gasteiger partial charge on any atom is 0.279 e. The quantitative estimate of drug-likeness (QED) is 0.834. The minimum atomic E-state index is -0.671. The molecule has 2 aromatic rings. The highest BCUT2D eigenvalue weighted by Crippen LogP contribution is 2.12. The molecule has 5 nitrogen and oxygen atoms in total. The zero-order chi connectivity index (χ0) is 16.7. The predicted molar refractivity (Wildman–Crippen MR) is 87.9 cm³/mol. The van der Waals surface area contributed by atoms with Gasteiger partial charge in [0.05, 0.1) is 0 Å². The summed E-state index contributed by atoms with van der Waals surface area (Å²) in [5.41, 5.74) is 6.35. The van der Waals surface area contributed by atoms with E-state index in [2.05, 4.69) is 10.9 Å². The number of nitrogens with one attached hydrogen (secondary N) is 2. The molecule has 2 aromatic carbocycles. The molecule has 5 heteroatoms. The SMILES string of the molecule is CCC(Oc1ccccc1)C(=O)NNC(=O)c1ccc(C)cc1. The molecule has 2 amide bonds. The molecule has 0 aliphatic carbocycles. The second kappa shape index (κ2) is 7.98. The van der Waals surface area contributed by atoms with Crippen LogP contribution in [0, 0.1) is 6.92 Å². The van der Waals surface area contributed by atoms with Crippen LogP contribution in [0.3, 0.4) is 0 Å². The van der Waals surface area contributed by atoms with E-state index in [1.54, 1.807) is 24.3 Å². The first-order valence-electron chi connectivity index (χ1n) is 7.48. The fourth-order valence-electron chi connectivity index (χ4n) is 1.96. The molecule has 1 unspecified atom stereocenters. The summed E-state index contributed by atoms with van der Waals surface area (Å²) in [5, 5.41) is 0. The summed E-state index contributed by atoms with van der Waals surface area (Å²) in [7, 11) is 0. The number of aryl methyl sites for hydroxylation is 1. The molecular weight excluding hydrogens is 292 g/mol. The lowest BCUT2D eigenvalue weighted by Crippen LogP contribution is -2.47. The molecule has 120 valence electrons. The van der Waals surface area contributed by atoms with Crippen molar-refractivity contribution in [3.8, 4) is 5.75 Å². The second-order valence-electron chi connectivity index (χ2n) is 5.14. The summed E-state index contributed by atoms with van der Waals surface area (Å²) < 4.78 is 5.62. The average molecular weight is 312 g/mol. The van der Waals surface area contributed by atoms with Gasteiger partial charge in [-0.05, 0) is 37.6 Å². The van der Waals surface area contributed by atoms with Crippen molar-refractivity contribution in [1.82, 2.24) is 10.9 Å². The van der Waals surface area contributed by atoms with Gasteiger partial charge in [0.15, 0.2) is 6.10 Å². The first kappa shape index (κ1) is 16.5. The number of carbonyl (C=O) groups excluding carboxylic acids is 2. The van der Waals surface area contributed by atoms with Gasteiger partial charge in [0, 0.05) is 5.56 Å². The minimum absolute atomic E-state index is 0.368. The molecule has 0 spiro atoms. The number of hydrogen-bond acceptors (Lipinski definition) is 3. The Kier molecular flexibility index (Phi) is 5.74. The topological polar surface area (TPSA) is 67.4 Å². The van der Waals surface area contributed by atoms with Crippen molar-refractivity contribution in [3.63, 3.8) is 0 Å². The first-order valence-corrected chi connectivity index (χ1v) is 7.48. The number of carbonyl (C=O) groups is 2. The lowest BCUT2D eigenvalue weighted by molar-refractivity contribution is -0.128. The number of rotatable bonds is 5. The van der Waals surface area contributed by atoms with Gasteiger partial charge in [-0.3, -0.25) is 20.4 Å². The Balaban J connectivity index is 1.89. The van der Waals surface area contributed by atoms with E-state index >= 15 is 0 Å². The lowest BCUT2D eigenvalue weighted by atomic mass is 10.1.